The molecule has 6 heteroatoms. The molecule has 0 aromatic carbocycles. The molecule has 14 heavy (non-hydrogen) atoms. The van der Waals surface area contributed by atoms with Crippen molar-refractivity contribution < 1.29 is 18.3 Å². The molecule has 0 radical (unpaired) electrons. The quantitative estimate of drug-likeness (QED) is 0.783. The highest BCUT2D eigenvalue weighted by atomic mass is 32.2. The average molecular weight is 227 g/mol. The smallest absolute Gasteiger partial charge is 0.396 e. The lowest BCUT2D eigenvalue weighted by molar-refractivity contribution is -0.152. The molecule has 0 bridgehead atoms. The van der Waals surface area contributed by atoms with E-state index in [1.165, 1.54) is 6.07 Å². The Morgan fingerprint density at radius 3 is 2.43 bits per heavy atom. The standard InChI is InChI=1S/C8H12F3NOS/c1-6(2-3-13)14-5-7(4-12)8(9,10)11/h6-7,13H,2-3,5H2,1H3. The molecular weight excluding hydrogens is 215 g/mol. The van der Waals surface area contributed by atoms with Crippen molar-refractivity contribution >= 4 is 11.8 Å². The third-order valence-electron chi connectivity index (χ3n) is 1.63. The molecule has 1 N–H and O–H groups in total. The Morgan fingerprint density at radius 2 is 2.07 bits per heavy atom. The summed E-state index contributed by atoms with van der Waals surface area (Å²) in [6, 6.07) is 1.23. The monoisotopic (exact) mass is 227 g/mol. The van der Waals surface area contributed by atoms with E-state index in [0.29, 0.717) is 6.42 Å². The van der Waals surface area contributed by atoms with Gasteiger partial charge in [-0.3, -0.25) is 0 Å². The van der Waals surface area contributed by atoms with Crippen LogP contribution >= 0.6 is 11.8 Å². The van der Waals surface area contributed by atoms with Gasteiger partial charge in [-0.05, 0) is 6.42 Å². The van der Waals surface area contributed by atoms with Crippen LogP contribution in [0.15, 0.2) is 0 Å². The van der Waals surface area contributed by atoms with Crippen LogP contribution in [0, 0.1) is 17.2 Å². The Bertz CT molecular complexity index is 202. The van der Waals surface area contributed by atoms with Gasteiger partial charge < -0.3 is 5.11 Å². The van der Waals surface area contributed by atoms with Crippen molar-refractivity contribution in [1.82, 2.24) is 0 Å². The lowest BCUT2D eigenvalue weighted by atomic mass is 10.2. The number of hydrogen-bond donors (Lipinski definition) is 1. The number of thioether (sulfide) groups is 1. The van der Waals surface area contributed by atoms with E-state index < -0.39 is 12.1 Å². The van der Waals surface area contributed by atoms with Gasteiger partial charge >= 0.3 is 6.18 Å². The highest BCUT2D eigenvalue weighted by Crippen LogP contribution is 2.30. The van der Waals surface area contributed by atoms with Crippen LogP contribution in [-0.4, -0.2) is 28.9 Å². The van der Waals surface area contributed by atoms with Crippen molar-refractivity contribution in [2.45, 2.75) is 24.8 Å². The molecule has 0 aliphatic heterocycles. The molecular formula is C8H12F3NOS. The summed E-state index contributed by atoms with van der Waals surface area (Å²) in [5.74, 6) is -2.17. The summed E-state index contributed by atoms with van der Waals surface area (Å²) in [6.07, 6.45) is -4.00. The molecule has 0 spiro atoms. The van der Waals surface area contributed by atoms with Crippen LogP contribution in [0.3, 0.4) is 0 Å². The van der Waals surface area contributed by atoms with Crippen molar-refractivity contribution in [2.75, 3.05) is 12.4 Å². The van der Waals surface area contributed by atoms with Gasteiger partial charge in [0.15, 0.2) is 5.92 Å². The van der Waals surface area contributed by atoms with Crippen LogP contribution in [0.1, 0.15) is 13.3 Å². The number of aliphatic hydroxyl groups excluding tert-OH is 1. The molecule has 0 heterocycles. The van der Waals surface area contributed by atoms with E-state index in [-0.39, 0.29) is 17.6 Å². The summed E-state index contributed by atoms with van der Waals surface area (Å²) >= 11 is 1.06. The number of alkyl halides is 3. The summed E-state index contributed by atoms with van der Waals surface area (Å²) in [5, 5.41) is 16.7. The number of hydrogen-bond acceptors (Lipinski definition) is 3. The highest BCUT2D eigenvalue weighted by Gasteiger charge is 2.39. The maximum atomic E-state index is 12.1. The second kappa shape index (κ2) is 6.14. The minimum Gasteiger partial charge on any atom is -0.396 e. The van der Waals surface area contributed by atoms with E-state index in [2.05, 4.69) is 0 Å². The molecule has 0 aliphatic carbocycles. The van der Waals surface area contributed by atoms with E-state index >= 15 is 0 Å². The van der Waals surface area contributed by atoms with Crippen molar-refractivity contribution in [1.29, 1.82) is 5.26 Å². The van der Waals surface area contributed by atoms with E-state index in [1.807, 2.05) is 0 Å². The van der Waals surface area contributed by atoms with E-state index in [0.717, 1.165) is 11.8 Å². The fourth-order valence-corrected chi connectivity index (χ4v) is 1.79. The van der Waals surface area contributed by atoms with Crippen molar-refractivity contribution in [2.24, 2.45) is 5.92 Å². The van der Waals surface area contributed by atoms with Crippen LogP contribution in [0.5, 0.6) is 0 Å². The fourth-order valence-electron chi connectivity index (χ4n) is 0.731. The van der Waals surface area contributed by atoms with Gasteiger partial charge in [0, 0.05) is 17.6 Å². The van der Waals surface area contributed by atoms with Crippen molar-refractivity contribution in [3.8, 4) is 6.07 Å². The molecule has 2 nitrogen and oxygen atoms in total. The van der Waals surface area contributed by atoms with E-state index in [9.17, 15) is 13.2 Å². The third kappa shape index (κ3) is 5.35. The summed E-state index contributed by atoms with van der Waals surface area (Å²) in [7, 11) is 0. The van der Waals surface area contributed by atoms with E-state index in [4.69, 9.17) is 10.4 Å². The van der Waals surface area contributed by atoms with Gasteiger partial charge in [-0.2, -0.15) is 30.2 Å². The largest absolute Gasteiger partial charge is 0.405 e. The third-order valence-corrected chi connectivity index (χ3v) is 2.96. The Balaban J connectivity index is 3.92. The Kier molecular flexibility index (Phi) is 5.96. The second-order valence-electron chi connectivity index (χ2n) is 2.88. The molecule has 0 amide bonds. The van der Waals surface area contributed by atoms with Gasteiger partial charge in [0.1, 0.15) is 0 Å². The van der Waals surface area contributed by atoms with Crippen molar-refractivity contribution in [3.05, 3.63) is 0 Å². The first-order valence-electron chi connectivity index (χ1n) is 4.10. The minimum atomic E-state index is -4.44. The fraction of sp³-hybridized carbons (Fsp3) is 0.875. The van der Waals surface area contributed by atoms with Crippen molar-refractivity contribution in [3.63, 3.8) is 0 Å². The van der Waals surface area contributed by atoms with Gasteiger partial charge in [0.2, 0.25) is 0 Å². The Hall–Kier alpha value is -0.410. The van der Waals surface area contributed by atoms with Crippen LogP contribution < -0.4 is 0 Å². The van der Waals surface area contributed by atoms with Gasteiger partial charge in [0.25, 0.3) is 0 Å². The van der Waals surface area contributed by atoms with Gasteiger partial charge in [-0.15, -0.1) is 0 Å². The molecule has 0 aromatic rings. The number of halogens is 3. The Morgan fingerprint density at radius 1 is 1.50 bits per heavy atom. The zero-order chi connectivity index (χ0) is 11.2. The SMILES string of the molecule is CC(CCO)SCC(C#N)C(F)(F)F. The Labute approximate surface area is 85.1 Å². The highest BCUT2D eigenvalue weighted by molar-refractivity contribution is 7.99. The maximum absolute atomic E-state index is 12.1. The van der Waals surface area contributed by atoms with Gasteiger partial charge in [0.05, 0.1) is 6.07 Å². The van der Waals surface area contributed by atoms with Gasteiger partial charge in [-0.1, -0.05) is 6.92 Å². The predicted octanol–water partition coefficient (Wildman–Crippen LogP) is 2.19. The molecule has 0 rings (SSSR count). The van der Waals surface area contributed by atoms with Gasteiger partial charge in [-0.25, -0.2) is 0 Å². The summed E-state index contributed by atoms with van der Waals surface area (Å²) in [5.41, 5.74) is 0. The lowest BCUT2D eigenvalue weighted by Gasteiger charge is -2.15. The minimum absolute atomic E-state index is 0.0442. The maximum Gasteiger partial charge on any atom is 0.405 e. The van der Waals surface area contributed by atoms with Crippen LogP contribution in [-0.2, 0) is 0 Å². The summed E-state index contributed by atoms with van der Waals surface area (Å²) < 4.78 is 36.2. The lowest BCUT2D eigenvalue weighted by Crippen LogP contribution is -2.24. The predicted molar refractivity (Wildman–Crippen MR) is 48.8 cm³/mol. The molecule has 0 saturated carbocycles. The van der Waals surface area contributed by atoms with E-state index in [1.54, 1.807) is 6.92 Å². The molecule has 2 unspecified atom stereocenters. The number of aliphatic hydroxyl groups is 1. The summed E-state index contributed by atoms with van der Waals surface area (Å²) in [4.78, 5) is 0. The average Bonchev–Trinajstić information content (AvgIpc) is 2.03. The molecule has 0 fully saturated rings. The first-order chi connectivity index (χ1) is 6.41. The number of nitriles is 1. The molecule has 0 saturated heterocycles. The first kappa shape index (κ1) is 13.6. The first-order valence-corrected chi connectivity index (χ1v) is 5.15. The number of nitrogens with zero attached hydrogens (tertiary/aromatic N) is 1. The second-order valence-corrected chi connectivity index (χ2v) is 4.35. The zero-order valence-electron chi connectivity index (χ0n) is 7.71. The van der Waals surface area contributed by atoms with Crippen LogP contribution in [0.2, 0.25) is 0 Å². The number of rotatable bonds is 5. The van der Waals surface area contributed by atoms with Crippen LogP contribution in [0.4, 0.5) is 13.2 Å². The normalized spacial score (nSPS) is 16.0. The topological polar surface area (TPSA) is 44.0 Å². The van der Waals surface area contributed by atoms with Crippen LogP contribution in [0.25, 0.3) is 0 Å². The molecule has 0 aliphatic rings. The summed E-state index contributed by atoms with van der Waals surface area (Å²) in [6.45, 7) is 1.68. The molecule has 82 valence electrons. The zero-order valence-corrected chi connectivity index (χ0v) is 8.53. The molecule has 2 atom stereocenters. The molecule has 0 aromatic heterocycles.